The van der Waals surface area contributed by atoms with Crippen LogP contribution in [0.4, 0.5) is 5.69 Å². The molecule has 0 saturated heterocycles. The lowest BCUT2D eigenvalue weighted by atomic mass is 9.76. The highest BCUT2D eigenvalue weighted by molar-refractivity contribution is 6.02. The Bertz CT molecular complexity index is 622. The van der Waals surface area contributed by atoms with Crippen molar-refractivity contribution in [2.75, 3.05) is 5.32 Å². The van der Waals surface area contributed by atoms with Crippen molar-refractivity contribution < 1.29 is 19.5 Å². The smallest absolute Gasteiger partial charge is 0.329 e. The van der Waals surface area contributed by atoms with Gasteiger partial charge in [-0.3, -0.25) is 9.59 Å². The van der Waals surface area contributed by atoms with E-state index in [1.165, 1.54) is 0 Å². The molecule has 2 amide bonds. The fourth-order valence-electron chi connectivity index (χ4n) is 2.89. The Kier molecular flexibility index (Phi) is 3.16. The van der Waals surface area contributed by atoms with Gasteiger partial charge in [0.25, 0.3) is 0 Å². The van der Waals surface area contributed by atoms with E-state index in [1.54, 1.807) is 24.3 Å². The number of carboxylic acids is 1. The van der Waals surface area contributed by atoms with Crippen LogP contribution in [0.2, 0.25) is 0 Å². The summed E-state index contributed by atoms with van der Waals surface area (Å²) >= 11 is 0. The fraction of sp³-hybridized carbons (Fsp3) is 0.400. The molecule has 1 aliphatic carbocycles. The third kappa shape index (κ3) is 2.26. The summed E-state index contributed by atoms with van der Waals surface area (Å²) in [4.78, 5) is 35.5. The number of fused-ring (bicyclic) bond motifs is 1. The third-order valence-corrected chi connectivity index (χ3v) is 4.30. The van der Waals surface area contributed by atoms with Crippen LogP contribution in [0.3, 0.4) is 0 Å². The number of anilines is 1. The van der Waals surface area contributed by atoms with Crippen molar-refractivity contribution in [3.05, 3.63) is 29.8 Å². The Labute approximate surface area is 121 Å². The SMILES string of the molecule is O=C1CC(C(=O)NC2(C(=O)O)CCC2)c2ccccc2N1. The molecule has 1 atom stereocenters. The molecule has 0 radical (unpaired) electrons. The quantitative estimate of drug-likeness (QED) is 0.779. The predicted octanol–water partition coefficient (Wildman–Crippen LogP) is 1.24. The molecule has 2 aliphatic rings. The Morgan fingerprint density at radius 2 is 2.00 bits per heavy atom. The zero-order valence-electron chi connectivity index (χ0n) is 11.4. The molecule has 6 nitrogen and oxygen atoms in total. The third-order valence-electron chi connectivity index (χ3n) is 4.30. The van der Waals surface area contributed by atoms with Gasteiger partial charge in [0.1, 0.15) is 5.54 Å². The number of carbonyl (C=O) groups is 3. The van der Waals surface area contributed by atoms with Crippen molar-refractivity contribution in [1.29, 1.82) is 0 Å². The van der Waals surface area contributed by atoms with Gasteiger partial charge in [0, 0.05) is 12.1 Å². The van der Waals surface area contributed by atoms with Crippen molar-refractivity contribution >= 4 is 23.5 Å². The lowest BCUT2D eigenvalue weighted by Gasteiger charge is -2.39. The minimum atomic E-state index is -1.15. The van der Waals surface area contributed by atoms with Crippen LogP contribution >= 0.6 is 0 Å². The van der Waals surface area contributed by atoms with E-state index in [1.807, 2.05) is 0 Å². The van der Waals surface area contributed by atoms with Gasteiger partial charge < -0.3 is 15.7 Å². The maximum Gasteiger partial charge on any atom is 0.329 e. The Morgan fingerprint density at radius 1 is 1.29 bits per heavy atom. The van der Waals surface area contributed by atoms with E-state index in [0.29, 0.717) is 18.5 Å². The second-order valence-electron chi connectivity index (χ2n) is 5.62. The topological polar surface area (TPSA) is 95.5 Å². The molecule has 110 valence electrons. The Morgan fingerprint density at radius 3 is 2.62 bits per heavy atom. The molecule has 1 aromatic carbocycles. The second kappa shape index (κ2) is 4.87. The molecule has 0 aromatic heterocycles. The van der Waals surface area contributed by atoms with Crippen molar-refractivity contribution in [1.82, 2.24) is 5.32 Å². The molecule has 6 heteroatoms. The molecule has 0 spiro atoms. The van der Waals surface area contributed by atoms with E-state index >= 15 is 0 Å². The number of rotatable bonds is 3. The van der Waals surface area contributed by atoms with Gasteiger partial charge in [0.05, 0.1) is 5.92 Å². The van der Waals surface area contributed by atoms with Gasteiger partial charge in [-0.15, -0.1) is 0 Å². The number of aliphatic carboxylic acids is 1. The van der Waals surface area contributed by atoms with Crippen molar-refractivity contribution in [3.63, 3.8) is 0 Å². The van der Waals surface area contributed by atoms with E-state index < -0.39 is 17.4 Å². The summed E-state index contributed by atoms with van der Waals surface area (Å²) in [6.45, 7) is 0. The van der Waals surface area contributed by atoms with Gasteiger partial charge in [0.2, 0.25) is 11.8 Å². The Balaban J connectivity index is 1.85. The number of hydrogen-bond donors (Lipinski definition) is 3. The van der Waals surface area contributed by atoms with Crippen LogP contribution in [0, 0.1) is 0 Å². The van der Waals surface area contributed by atoms with E-state index in [0.717, 1.165) is 12.0 Å². The summed E-state index contributed by atoms with van der Waals surface area (Å²) in [6, 6.07) is 7.10. The first-order chi connectivity index (χ1) is 10.0. The van der Waals surface area contributed by atoms with Gasteiger partial charge in [-0.1, -0.05) is 18.2 Å². The lowest BCUT2D eigenvalue weighted by Crippen LogP contribution is -2.60. The number of amides is 2. The summed E-state index contributed by atoms with van der Waals surface area (Å²) in [5.74, 6) is -2.26. The molecule has 1 aliphatic heterocycles. The molecular formula is C15H16N2O4. The summed E-state index contributed by atoms with van der Waals surface area (Å²) in [5.41, 5.74) is 0.196. The summed E-state index contributed by atoms with van der Waals surface area (Å²) in [6.07, 6.45) is 1.70. The van der Waals surface area contributed by atoms with Gasteiger partial charge in [-0.2, -0.15) is 0 Å². The zero-order valence-corrected chi connectivity index (χ0v) is 11.4. The fourth-order valence-corrected chi connectivity index (χ4v) is 2.89. The number of carbonyl (C=O) groups excluding carboxylic acids is 2. The molecular weight excluding hydrogens is 272 g/mol. The number of carboxylic acid groups (broad SMARTS) is 1. The monoisotopic (exact) mass is 288 g/mol. The normalized spacial score (nSPS) is 22.5. The summed E-state index contributed by atoms with van der Waals surface area (Å²) < 4.78 is 0. The first kappa shape index (κ1) is 13.6. The molecule has 3 N–H and O–H groups in total. The van der Waals surface area contributed by atoms with Crippen LogP contribution in [-0.4, -0.2) is 28.4 Å². The second-order valence-corrected chi connectivity index (χ2v) is 5.62. The number of benzene rings is 1. The highest BCUT2D eigenvalue weighted by Gasteiger charge is 2.47. The number of para-hydroxylation sites is 1. The summed E-state index contributed by atoms with van der Waals surface area (Å²) in [5, 5.41) is 14.6. The predicted molar refractivity (Wildman–Crippen MR) is 74.8 cm³/mol. The van der Waals surface area contributed by atoms with Crippen molar-refractivity contribution in [2.24, 2.45) is 0 Å². The molecule has 3 rings (SSSR count). The molecule has 21 heavy (non-hydrogen) atoms. The molecule has 0 bridgehead atoms. The van der Waals surface area contributed by atoms with E-state index in [4.69, 9.17) is 0 Å². The average molecular weight is 288 g/mol. The van der Waals surface area contributed by atoms with Gasteiger partial charge >= 0.3 is 5.97 Å². The highest BCUT2D eigenvalue weighted by Crippen LogP contribution is 2.36. The van der Waals surface area contributed by atoms with Crippen LogP contribution in [-0.2, 0) is 14.4 Å². The van der Waals surface area contributed by atoms with Gasteiger partial charge in [0.15, 0.2) is 0 Å². The first-order valence-corrected chi connectivity index (χ1v) is 6.96. The maximum atomic E-state index is 12.5. The van der Waals surface area contributed by atoms with Crippen molar-refractivity contribution in [3.8, 4) is 0 Å². The van der Waals surface area contributed by atoms with E-state index in [-0.39, 0.29) is 18.2 Å². The standard InChI is InChI=1S/C15H16N2O4/c18-12-8-10(9-4-1-2-5-11(9)16-12)13(19)17-15(14(20)21)6-3-7-15/h1-2,4-5,10H,3,6-8H2,(H,16,18)(H,17,19)(H,20,21). The van der Waals surface area contributed by atoms with Gasteiger partial charge in [-0.05, 0) is 30.9 Å². The van der Waals surface area contributed by atoms with E-state index in [2.05, 4.69) is 10.6 Å². The maximum absolute atomic E-state index is 12.5. The molecule has 1 aromatic rings. The first-order valence-electron chi connectivity index (χ1n) is 6.96. The van der Waals surface area contributed by atoms with Crippen molar-refractivity contribution in [2.45, 2.75) is 37.1 Å². The minimum absolute atomic E-state index is 0.0402. The molecule has 1 unspecified atom stereocenters. The minimum Gasteiger partial charge on any atom is -0.480 e. The van der Waals surface area contributed by atoms with Crippen LogP contribution in [0.1, 0.15) is 37.2 Å². The average Bonchev–Trinajstić information content (AvgIpc) is 2.41. The van der Waals surface area contributed by atoms with Crippen LogP contribution in [0.15, 0.2) is 24.3 Å². The molecule has 1 fully saturated rings. The van der Waals surface area contributed by atoms with Crippen LogP contribution in [0.5, 0.6) is 0 Å². The van der Waals surface area contributed by atoms with Crippen LogP contribution < -0.4 is 10.6 Å². The lowest BCUT2D eigenvalue weighted by molar-refractivity contribution is -0.152. The highest BCUT2D eigenvalue weighted by atomic mass is 16.4. The number of nitrogens with one attached hydrogen (secondary N) is 2. The van der Waals surface area contributed by atoms with E-state index in [9.17, 15) is 19.5 Å². The number of hydrogen-bond acceptors (Lipinski definition) is 3. The molecule has 1 saturated carbocycles. The Hall–Kier alpha value is -2.37. The molecule has 1 heterocycles. The largest absolute Gasteiger partial charge is 0.480 e. The summed E-state index contributed by atoms with van der Waals surface area (Å²) in [7, 11) is 0. The van der Waals surface area contributed by atoms with Gasteiger partial charge in [-0.25, -0.2) is 4.79 Å². The zero-order chi connectivity index (χ0) is 15.0. The van der Waals surface area contributed by atoms with Crippen LogP contribution in [0.25, 0.3) is 0 Å².